The number of carbonyl (C=O) groups is 1. The molecule has 5 heteroatoms. The number of hydrogen-bond acceptors (Lipinski definition) is 4. The van der Waals surface area contributed by atoms with Crippen molar-refractivity contribution < 1.29 is 9.53 Å². The standard InChI is InChI=1S/C20H23N3O2/c1-15-5-4-10-21-19(15)16-8-11-23(12-9-16)14-22-20(24)17-6-3-7-18(13-17)25-2/h3-8,10,13H,9,11-12,14H2,1-2H3,(H,22,24). The van der Waals surface area contributed by atoms with Crippen molar-refractivity contribution in [2.45, 2.75) is 13.3 Å². The molecule has 0 atom stereocenters. The first-order chi connectivity index (χ1) is 12.2. The Balaban J connectivity index is 1.55. The Morgan fingerprint density at radius 1 is 1.32 bits per heavy atom. The van der Waals surface area contributed by atoms with Crippen molar-refractivity contribution in [3.63, 3.8) is 0 Å². The van der Waals surface area contributed by atoms with E-state index in [0.29, 0.717) is 18.0 Å². The van der Waals surface area contributed by atoms with Gasteiger partial charge in [0.15, 0.2) is 0 Å². The van der Waals surface area contributed by atoms with E-state index in [4.69, 9.17) is 4.74 Å². The van der Waals surface area contributed by atoms with Gasteiger partial charge >= 0.3 is 0 Å². The Labute approximate surface area is 148 Å². The summed E-state index contributed by atoms with van der Waals surface area (Å²) >= 11 is 0. The van der Waals surface area contributed by atoms with Gasteiger partial charge in [-0.1, -0.05) is 18.2 Å². The lowest BCUT2D eigenvalue weighted by Crippen LogP contribution is -2.39. The summed E-state index contributed by atoms with van der Waals surface area (Å²) in [6, 6.07) is 11.2. The third-order valence-electron chi connectivity index (χ3n) is 4.40. The lowest BCUT2D eigenvalue weighted by atomic mass is 10.0. The van der Waals surface area contributed by atoms with Crippen LogP contribution in [0.15, 0.2) is 48.7 Å². The molecule has 1 aliphatic heterocycles. The van der Waals surface area contributed by atoms with Gasteiger partial charge in [-0.3, -0.25) is 14.7 Å². The second kappa shape index (κ2) is 7.94. The summed E-state index contributed by atoms with van der Waals surface area (Å²) in [4.78, 5) is 19.0. The van der Waals surface area contributed by atoms with Crippen LogP contribution in [0, 0.1) is 6.92 Å². The van der Waals surface area contributed by atoms with Crippen LogP contribution in [-0.2, 0) is 0 Å². The zero-order chi connectivity index (χ0) is 17.6. The molecule has 2 heterocycles. The summed E-state index contributed by atoms with van der Waals surface area (Å²) in [7, 11) is 1.60. The Bertz CT molecular complexity index is 786. The van der Waals surface area contributed by atoms with Gasteiger partial charge in [0.2, 0.25) is 0 Å². The van der Waals surface area contributed by atoms with Crippen molar-refractivity contribution in [2.75, 3.05) is 26.9 Å². The fourth-order valence-corrected chi connectivity index (χ4v) is 2.94. The van der Waals surface area contributed by atoms with Crippen LogP contribution >= 0.6 is 0 Å². The highest BCUT2D eigenvalue weighted by atomic mass is 16.5. The molecule has 130 valence electrons. The normalized spacial score (nSPS) is 14.7. The summed E-state index contributed by atoms with van der Waals surface area (Å²) in [5, 5.41) is 2.97. The number of ether oxygens (including phenoxy) is 1. The maximum atomic E-state index is 12.3. The lowest BCUT2D eigenvalue weighted by molar-refractivity contribution is 0.0925. The van der Waals surface area contributed by atoms with E-state index in [1.165, 1.54) is 11.1 Å². The first kappa shape index (κ1) is 17.2. The number of hydrogen-bond donors (Lipinski definition) is 1. The maximum absolute atomic E-state index is 12.3. The van der Waals surface area contributed by atoms with E-state index in [9.17, 15) is 4.79 Å². The summed E-state index contributed by atoms with van der Waals surface area (Å²) < 4.78 is 5.16. The quantitative estimate of drug-likeness (QED) is 0.911. The molecule has 0 saturated carbocycles. The Morgan fingerprint density at radius 2 is 2.20 bits per heavy atom. The highest BCUT2D eigenvalue weighted by molar-refractivity contribution is 5.94. The molecule has 0 aliphatic carbocycles. The van der Waals surface area contributed by atoms with Gasteiger partial charge in [0, 0.05) is 24.8 Å². The van der Waals surface area contributed by atoms with E-state index in [1.807, 2.05) is 24.4 Å². The van der Waals surface area contributed by atoms with Gasteiger partial charge in [-0.2, -0.15) is 0 Å². The van der Waals surface area contributed by atoms with Crippen molar-refractivity contribution in [1.82, 2.24) is 15.2 Å². The molecule has 25 heavy (non-hydrogen) atoms. The number of nitrogens with one attached hydrogen (secondary N) is 1. The van der Waals surface area contributed by atoms with Crippen LogP contribution in [0.5, 0.6) is 5.75 Å². The lowest BCUT2D eigenvalue weighted by Gasteiger charge is -2.26. The average Bonchev–Trinajstić information content (AvgIpc) is 2.67. The van der Waals surface area contributed by atoms with Crippen molar-refractivity contribution in [3.05, 3.63) is 65.5 Å². The first-order valence-electron chi connectivity index (χ1n) is 8.43. The molecular formula is C20H23N3O2. The van der Waals surface area contributed by atoms with E-state index in [0.717, 1.165) is 25.2 Å². The van der Waals surface area contributed by atoms with Gasteiger partial charge in [0.05, 0.1) is 19.5 Å². The van der Waals surface area contributed by atoms with Crippen LogP contribution < -0.4 is 10.1 Å². The second-order valence-corrected chi connectivity index (χ2v) is 6.12. The van der Waals surface area contributed by atoms with Crippen LogP contribution in [0.2, 0.25) is 0 Å². The number of aryl methyl sites for hydroxylation is 1. The predicted molar refractivity (Wildman–Crippen MR) is 98.5 cm³/mol. The number of aromatic nitrogens is 1. The van der Waals surface area contributed by atoms with E-state index in [-0.39, 0.29) is 5.91 Å². The number of pyridine rings is 1. The zero-order valence-corrected chi connectivity index (χ0v) is 14.7. The average molecular weight is 337 g/mol. The van der Waals surface area contributed by atoms with Gasteiger partial charge in [-0.05, 0) is 48.7 Å². The number of nitrogens with zero attached hydrogens (tertiary/aromatic N) is 2. The van der Waals surface area contributed by atoms with Gasteiger partial charge in [0.25, 0.3) is 5.91 Å². The highest BCUT2D eigenvalue weighted by Crippen LogP contribution is 2.22. The minimum atomic E-state index is -0.0887. The fourth-order valence-electron chi connectivity index (χ4n) is 2.94. The third-order valence-corrected chi connectivity index (χ3v) is 4.40. The van der Waals surface area contributed by atoms with Gasteiger partial charge in [-0.25, -0.2) is 0 Å². The molecular weight excluding hydrogens is 314 g/mol. The van der Waals surface area contributed by atoms with Crippen LogP contribution in [0.3, 0.4) is 0 Å². The van der Waals surface area contributed by atoms with Crippen molar-refractivity contribution >= 4 is 11.5 Å². The van der Waals surface area contributed by atoms with Gasteiger partial charge in [-0.15, -0.1) is 0 Å². The molecule has 1 N–H and O–H groups in total. The third kappa shape index (κ3) is 4.25. The van der Waals surface area contributed by atoms with E-state index in [2.05, 4.69) is 34.3 Å². The molecule has 1 amide bonds. The molecule has 0 bridgehead atoms. The molecule has 0 radical (unpaired) electrons. The molecule has 0 saturated heterocycles. The fraction of sp³-hybridized carbons (Fsp3) is 0.300. The van der Waals surface area contributed by atoms with E-state index in [1.54, 1.807) is 19.2 Å². The Kier molecular flexibility index (Phi) is 5.46. The van der Waals surface area contributed by atoms with E-state index < -0.39 is 0 Å². The molecule has 0 fully saturated rings. The van der Waals surface area contributed by atoms with Crippen LogP contribution in [0.4, 0.5) is 0 Å². The SMILES string of the molecule is COc1cccc(C(=O)NCN2CC=C(c3ncccc3C)CC2)c1. The predicted octanol–water partition coefficient (Wildman–Crippen LogP) is 2.88. The van der Waals surface area contributed by atoms with Crippen molar-refractivity contribution in [3.8, 4) is 5.75 Å². The van der Waals surface area contributed by atoms with Crippen molar-refractivity contribution in [1.29, 1.82) is 0 Å². The number of benzene rings is 1. The molecule has 1 aliphatic rings. The molecule has 2 aromatic rings. The number of methoxy groups -OCH3 is 1. The molecule has 0 unspecified atom stereocenters. The van der Waals surface area contributed by atoms with E-state index >= 15 is 0 Å². The monoisotopic (exact) mass is 337 g/mol. The Hall–Kier alpha value is -2.66. The van der Waals surface area contributed by atoms with Gasteiger partial charge < -0.3 is 10.1 Å². The maximum Gasteiger partial charge on any atom is 0.252 e. The van der Waals surface area contributed by atoms with Crippen LogP contribution in [0.25, 0.3) is 5.57 Å². The largest absolute Gasteiger partial charge is 0.497 e. The second-order valence-electron chi connectivity index (χ2n) is 6.12. The zero-order valence-electron chi connectivity index (χ0n) is 14.7. The molecule has 3 rings (SSSR count). The van der Waals surface area contributed by atoms with Crippen LogP contribution in [0.1, 0.15) is 28.0 Å². The van der Waals surface area contributed by atoms with Crippen molar-refractivity contribution in [2.24, 2.45) is 0 Å². The summed E-state index contributed by atoms with van der Waals surface area (Å²) in [6.45, 7) is 4.33. The molecule has 1 aromatic heterocycles. The summed E-state index contributed by atoms with van der Waals surface area (Å²) in [5.74, 6) is 0.596. The summed E-state index contributed by atoms with van der Waals surface area (Å²) in [5.41, 5.74) is 4.18. The van der Waals surface area contributed by atoms with Gasteiger partial charge in [0.1, 0.15) is 5.75 Å². The molecule has 5 nitrogen and oxygen atoms in total. The summed E-state index contributed by atoms with van der Waals surface area (Å²) in [6.07, 6.45) is 4.98. The smallest absolute Gasteiger partial charge is 0.252 e. The molecule has 1 aromatic carbocycles. The number of carbonyl (C=O) groups excluding carboxylic acids is 1. The highest BCUT2D eigenvalue weighted by Gasteiger charge is 2.16. The first-order valence-corrected chi connectivity index (χ1v) is 8.43. The minimum Gasteiger partial charge on any atom is -0.497 e. The minimum absolute atomic E-state index is 0.0887. The van der Waals surface area contributed by atoms with Crippen LogP contribution in [-0.4, -0.2) is 42.7 Å². The molecule has 0 spiro atoms. The Morgan fingerprint density at radius 3 is 2.92 bits per heavy atom. The topological polar surface area (TPSA) is 54.5 Å². The number of rotatable bonds is 5. The number of amides is 1.